The van der Waals surface area contributed by atoms with Crippen LogP contribution in [0, 0.1) is 0 Å². The summed E-state index contributed by atoms with van der Waals surface area (Å²) in [5.74, 6) is 2.37. The number of hydrogen-bond donors (Lipinski definition) is 3. The zero-order valence-corrected chi connectivity index (χ0v) is 16.1. The van der Waals surface area contributed by atoms with Gasteiger partial charge in [0.1, 0.15) is 11.7 Å². The molecule has 0 amide bonds. The highest BCUT2D eigenvalue weighted by atomic mass is 15.0. The van der Waals surface area contributed by atoms with Gasteiger partial charge in [-0.2, -0.15) is 0 Å². The highest BCUT2D eigenvalue weighted by Crippen LogP contribution is 2.31. The molecule has 0 bridgehead atoms. The average molecular weight is 364 g/mol. The molecule has 142 valence electrons. The molecule has 0 spiro atoms. The standard InChI is InChI=1S/C21H28N6/c1-4-13(2)16-5-6-17-18(12-16)25-20(15-7-9-24-10-8-15)27-21(17)26-19(23)11-14(3)22/h4-6,11-13,15,24H,1,7-10,22H2,2-3H3,(H2,23,25,26,27). The fourth-order valence-corrected chi connectivity index (χ4v) is 3.30. The highest BCUT2D eigenvalue weighted by Gasteiger charge is 2.20. The number of nitrogens with one attached hydrogen (secondary N) is 1. The summed E-state index contributed by atoms with van der Waals surface area (Å²) in [7, 11) is 0. The van der Waals surface area contributed by atoms with Crippen LogP contribution in [0.25, 0.3) is 10.9 Å². The molecule has 1 unspecified atom stereocenters. The van der Waals surface area contributed by atoms with Gasteiger partial charge in [0.2, 0.25) is 0 Å². The van der Waals surface area contributed by atoms with Crippen molar-refractivity contribution in [2.45, 2.75) is 38.5 Å². The van der Waals surface area contributed by atoms with E-state index in [9.17, 15) is 0 Å². The quantitative estimate of drug-likeness (QED) is 0.429. The van der Waals surface area contributed by atoms with Gasteiger partial charge >= 0.3 is 0 Å². The largest absolute Gasteiger partial charge is 0.402 e. The Balaban J connectivity index is 2.15. The summed E-state index contributed by atoms with van der Waals surface area (Å²) < 4.78 is 0. The predicted molar refractivity (Wildman–Crippen MR) is 112 cm³/mol. The molecule has 2 heterocycles. The molecule has 0 saturated carbocycles. The molecule has 0 aliphatic carbocycles. The molecule has 27 heavy (non-hydrogen) atoms. The van der Waals surface area contributed by atoms with Crippen LogP contribution in [0.5, 0.6) is 0 Å². The van der Waals surface area contributed by atoms with Crippen molar-refractivity contribution in [2.75, 3.05) is 13.1 Å². The minimum absolute atomic E-state index is 0.256. The van der Waals surface area contributed by atoms with E-state index in [1.807, 2.05) is 12.1 Å². The second-order valence-electron chi connectivity index (χ2n) is 7.16. The Labute approximate surface area is 160 Å². The molecule has 1 atom stereocenters. The number of nitrogens with zero attached hydrogens (tertiary/aromatic N) is 3. The monoisotopic (exact) mass is 364 g/mol. The average Bonchev–Trinajstić information content (AvgIpc) is 2.66. The number of piperidine rings is 1. The molecule has 2 aromatic rings. The van der Waals surface area contributed by atoms with Crippen molar-refractivity contribution in [1.29, 1.82) is 0 Å². The van der Waals surface area contributed by atoms with Gasteiger partial charge in [-0.3, -0.25) is 0 Å². The number of amidine groups is 1. The van der Waals surface area contributed by atoms with E-state index in [0.717, 1.165) is 42.7 Å². The fourth-order valence-electron chi connectivity index (χ4n) is 3.30. The van der Waals surface area contributed by atoms with Crippen LogP contribution in [-0.2, 0) is 0 Å². The first-order valence-corrected chi connectivity index (χ1v) is 9.40. The van der Waals surface area contributed by atoms with Crippen molar-refractivity contribution in [1.82, 2.24) is 15.3 Å². The van der Waals surface area contributed by atoms with Gasteiger partial charge in [-0.15, -0.1) is 6.58 Å². The lowest BCUT2D eigenvalue weighted by Crippen LogP contribution is -2.27. The van der Waals surface area contributed by atoms with Gasteiger partial charge in [-0.05, 0) is 62.5 Å². The van der Waals surface area contributed by atoms with Gasteiger partial charge in [-0.1, -0.05) is 19.1 Å². The molecule has 5 N–H and O–H groups in total. The molecule has 1 saturated heterocycles. The molecule has 1 aliphatic rings. The maximum Gasteiger partial charge on any atom is 0.165 e. The minimum Gasteiger partial charge on any atom is -0.402 e. The molecule has 3 rings (SSSR count). The lowest BCUT2D eigenvalue weighted by Gasteiger charge is -2.22. The van der Waals surface area contributed by atoms with Crippen molar-refractivity contribution >= 4 is 22.6 Å². The molecule has 1 fully saturated rings. The van der Waals surface area contributed by atoms with Gasteiger partial charge in [0, 0.05) is 17.0 Å². The summed E-state index contributed by atoms with van der Waals surface area (Å²) in [4.78, 5) is 14.2. The zero-order valence-electron chi connectivity index (χ0n) is 16.1. The Morgan fingerprint density at radius 2 is 2.04 bits per heavy atom. The van der Waals surface area contributed by atoms with Crippen LogP contribution >= 0.6 is 0 Å². The molecule has 0 radical (unpaired) electrons. The molecule has 1 aromatic heterocycles. The summed E-state index contributed by atoms with van der Waals surface area (Å²) in [6, 6.07) is 6.19. The summed E-state index contributed by atoms with van der Waals surface area (Å²) in [6.07, 6.45) is 5.62. The number of allylic oxidation sites excluding steroid dienone is 2. The van der Waals surface area contributed by atoms with Crippen LogP contribution in [0.3, 0.4) is 0 Å². The predicted octanol–water partition coefficient (Wildman–Crippen LogP) is 3.24. The van der Waals surface area contributed by atoms with Crippen molar-refractivity contribution in [3.8, 4) is 0 Å². The Kier molecular flexibility index (Phi) is 5.86. The van der Waals surface area contributed by atoms with Gasteiger partial charge in [-0.25, -0.2) is 15.0 Å². The first kappa shape index (κ1) is 19.0. The number of benzene rings is 1. The Hall–Kier alpha value is -2.73. The maximum atomic E-state index is 6.04. The van der Waals surface area contributed by atoms with E-state index in [1.165, 1.54) is 5.56 Å². The smallest absolute Gasteiger partial charge is 0.165 e. The Morgan fingerprint density at radius 1 is 1.30 bits per heavy atom. The van der Waals surface area contributed by atoms with Crippen LogP contribution in [0.2, 0.25) is 0 Å². The van der Waals surface area contributed by atoms with Crippen LogP contribution in [0.15, 0.2) is 47.6 Å². The third kappa shape index (κ3) is 4.52. The first-order chi connectivity index (χ1) is 13.0. The van der Waals surface area contributed by atoms with E-state index >= 15 is 0 Å². The molecule has 1 aliphatic heterocycles. The van der Waals surface area contributed by atoms with Crippen molar-refractivity contribution in [2.24, 2.45) is 16.5 Å². The van der Waals surface area contributed by atoms with E-state index in [2.05, 4.69) is 35.9 Å². The number of hydrogen-bond acceptors (Lipinski definition) is 5. The third-order valence-corrected chi connectivity index (χ3v) is 4.91. The fraction of sp³-hybridized carbons (Fsp3) is 0.381. The molecule has 1 aromatic carbocycles. The van der Waals surface area contributed by atoms with Crippen LogP contribution in [-0.4, -0.2) is 28.9 Å². The number of aliphatic imine (C=N–C) groups is 1. The molecular weight excluding hydrogens is 336 g/mol. The van der Waals surface area contributed by atoms with Crippen molar-refractivity contribution < 1.29 is 0 Å². The van der Waals surface area contributed by atoms with Gasteiger partial charge in [0.05, 0.1) is 5.52 Å². The van der Waals surface area contributed by atoms with E-state index in [1.54, 1.807) is 13.0 Å². The van der Waals surface area contributed by atoms with E-state index in [4.69, 9.17) is 21.4 Å². The molecule has 6 nitrogen and oxygen atoms in total. The number of aromatic nitrogens is 2. The number of nitrogens with two attached hydrogens (primary N) is 2. The Bertz CT molecular complexity index is 889. The van der Waals surface area contributed by atoms with Crippen LogP contribution in [0.1, 0.15) is 49.9 Å². The summed E-state index contributed by atoms with van der Waals surface area (Å²) in [6.45, 7) is 9.76. The van der Waals surface area contributed by atoms with Crippen molar-refractivity contribution in [3.63, 3.8) is 0 Å². The lowest BCUT2D eigenvalue weighted by molar-refractivity contribution is 0.446. The number of fused-ring (bicyclic) bond motifs is 1. The third-order valence-electron chi connectivity index (χ3n) is 4.91. The summed E-state index contributed by atoms with van der Waals surface area (Å²) in [5, 5.41) is 4.27. The van der Waals surface area contributed by atoms with Gasteiger partial charge in [0.25, 0.3) is 0 Å². The first-order valence-electron chi connectivity index (χ1n) is 9.40. The SMILES string of the molecule is C=CC(C)c1ccc2c(N=C(N)C=C(C)N)nc(C3CCNCC3)nc2c1. The van der Waals surface area contributed by atoms with E-state index in [-0.39, 0.29) is 5.92 Å². The highest BCUT2D eigenvalue weighted by molar-refractivity contribution is 5.97. The van der Waals surface area contributed by atoms with Crippen LogP contribution < -0.4 is 16.8 Å². The number of rotatable bonds is 5. The van der Waals surface area contributed by atoms with E-state index < -0.39 is 0 Å². The minimum atomic E-state index is 0.256. The lowest BCUT2D eigenvalue weighted by atomic mass is 9.96. The Morgan fingerprint density at radius 3 is 2.70 bits per heavy atom. The van der Waals surface area contributed by atoms with Crippen LogP contribution in [0.4, 0.5) is 5.82 Å². The molecule has 6 heteroatoms. The normalized spacial score (nSPS) is 17.9. The second kappa shape index (κ2) is 8.31. The second-order valence-corrected chi connectivity index (χ2v) is 7.16. The van der Waals surface area contributed by atoms with E-state index in [0.29, 0.717) is 23.3 Å². The van der Waals surface area contributed by atoms with Gasteiger partial charge < -0.3 is 16.8 Å². The summed E-state index contributed by atoms with van der Waals surface area (Å²) in [5.41, 5.74) is 14.4. The summed E-state index contributed by atoms with van der Waals surface area (Å²) >= 11 is 0. The topological polar surface area (TPSA) is 102 Å². The molecular formula is C21H28N6. The zero-order chi connectivity index (χ0) is 19.4. The maximum absolute atomic E-state index is 6.04. The van der Waals surface area contributed by atoms with Crippen molar-refractivity contribution in [3.05, 3.63) is 54.0 Å². The van der Waals surface area contributed by atoms with Gasteiger partial charge in [0.15, 0.2) is 5.82 Å².